The molecule has 0 heterocycles. The first-order valence-corrected chi connectivity index (χ1v) is 5.44. The van der Waals surface area contributed by atoms with Crippen molar-refractivity contribution in [1.29, 1.82) is 0 Å². The van der Waals surface area contributed by atoms with E-state index >= 15 is 0 Å². The van der Waals surface area contributed by atoms with Crippen LogP contribution in [0.25, 0.3) is 0 Å². The van der Waals surface area contributed by atoms with E-state index in [9.17, 15) is 4.79 Å². The Hall–Kier alpha value is -1.04. The second-order valence-electron chi connectivity index (χ2n) is 2.86. The Morgan fingerprint density at radius 3 is 2.62 bits per heavy atom. The van der Waals surface area contributed by atoms with Gasteiger partial charge in [0.15, 0.2) is 5.11 Å². The van der Waals surface area contributed by atoms with Crippen LogP contribution in [0, 0.1) is 0 Å². The quantitative estimate of drug-likeness (QED) is 0.545. The molecule has 0 fully saturated rings. The fourth-order valence-electron chi connectivity index (χ4n) is 0.899. The molecule has 7 heteroatoms. The van der Waals surface area contributed by atoms with E-state index < -0.39 is 0 Å². The number of thiocarbonyl (C=S) groups is 1. The van der Waals surface area contributed by atoms with Gasteiger partial charge in [0.1, 0.15) is 0 Å². The number of carbonyl (C=O) groups excluding carboxylic acids is 1. The molecule has 1 rings (SSSR count). The van der Waals surface area contributed by atoms with Gasteiger partial charge in [0.25, 0.3) is 0 Å². The molecule has 0 aliphatic rings. The van der Waals surface area contributed by atoms with Crippen molar-refractivity contribution >= 4 is 52.1 Å². The lowest BCUT2D eigenvalue weighted by Crippen LogP contribution is -2.42. The van der Waals surface area contributed by atoms with E-state index in [1.807, 2.05) is 0 Å². The molecule has 0 aliphatic heterocycles. The highest BCUT2D eigenvalue weighted by Crippen LogP contribution is 2.29. The van der Waals surface area contributed by atoms with Crippen LogP contribution < -0.4 is 16.2 Å². The topological polar surface area (TPSA) is 53.2 Å². The van der Waals surface area contributed by atoms with Gasteiger partial charge in [-0.1, -0.05) is 29.3 Å². The molecule has 0 spiro atoms. The van der Waals surface area contributed by atoms with Gasteiger partial charge in [-0.3, -0.25) is 15.6 Å². The summed E-state index contributed by atoms with van der Waals surface area (Å²) in [5.41, 5.74) is 5.39. The van der Waals surface area contributed by atoms with E-state index in [1.54, 1.807) is 18.2 Å². The van der Waals surface area contributed by atoms with E-state index in [-0.39, 0.29) is 11.0 Å². The van der Waals surface area contributed by atoms with Gasteiger partial charge < -0.3 is 5.32 Å². The highest BCUT2D eigenvalue weighted by molar-refractivity contribution is 7.80. The van der Waals surface area contributed by atoms with Crippen molar-refractivity contribution in [2.45, 2.75) is 6.92 Å². The smallest absolute Gasteiger partial charge is 0.235 e. The molecule has 0 bridgehead atoms. The number of hydrazine groups is 1. The molecule has 3 N–H and O–H groups in total. The largest absolute Gasteiger partial charge is 0.330 e. The fourth-order valence-corrected chi connectivity index (χ4v) is 1.41. The maximum atomic E-state index is 10.6. The Morgan fingerprint density at radius 1 is 1.31 bits per heavy atom. The zero-order valence-corrected chi connectivity index (χ0v) is 10.6. The van der Waals surface area contributed by atoms with Crippen LogP contribution in [-0.4, -0.2) is 11.0 Å². The van der Waals surface area contributed by atoms with E-state index in [4.69, 9.17) is 35.4 Å². The van der Waals surface area contributed by atoms with Crippen LogP contribution in [0.4, 0.5) is 5.69 Å². The Balaban J connectivity index is 2.63. The first kappa shape index (κ1) is 13.0. The predicted molar refractivity (Wildman–Crippen MR) is 69.6 cm³/mol. The number of anilines is 1. The van der Waals surface area contributed by atoms with E-state index in [1.165, 1.54) is 6.92 Å². The number of benzene rings is 1. The molecular formula is C9H9Cl2N3OS. The molecule has 86 valence electrons. The molecule has 0 aliphatic carbocycles. The minimum atomic E-state index is -0.249. The SMILES string of the molecule is CC(=O)NNC(=S)Nc1cccc(Cl)c1Cl. The van der Waals surface area contributed by atoms with Crippen LogP contribution >= 0.6 is 35.4 Å². The Labute approximate surface area is 108 Å². The van der Waals surface area contributed by atoms with E-state index in [0.29, 0.717) is 15.7 Å². The molecule has 0 unspecified atom stereocenters. The second-order valence-corrected chi connectivity index (χ2v) is 4.06. The van der Waals surface area contributed by atoms with Gasteiger partial charge >= 0.3 is 0 Å². The van der Waals surface area contributed by atoms with E-state index in [2.05, 4.69) is 16.2 Å². The summed E-state index contributed by atoms with van der Waals surface area (Å²) in [6.45, 7) is 1.36. The summed E-state index contributed by atoms with van der Waals surface area (Å²) in [7, 11) is 0. The molecular weight excluding hydrogens is 269 g/mol. The zero-order chi connectivity index (χ0) is 12.1. The molecule has 0 saturated heterocycles. The van der Waals surface area contributed by atoms with Crippen LogP contribution in [0.15, 0.2) is 18.2 Å². The summed E-state index contributed by atoms with van der Waals surface area (Å²) in [6, 6.07) is 5.12. The van der Waals surface area contributed by atoms with Crippen molar-refractivity contribution in [3.63, 3.8) is 0 Å². The Kier molecular flexibility index (Phi) is 4.79. The van der Waals surface area contributed by atoms with Gasteiger partial charge in [-0.15, -0.1) is 0 Å². The third kappa shape index (κ3) is 3.84. The summed E-state index contributed by atoms with van der Waals surface area (Å²) >= 11 is 16.7. The third-order valence-electron chi connectivity index (χ3n) is 1.55. The van der Waals surface area contributed by atoms with Crippen LogP contribution in [0.1, 0.15) is 6.92 Å². The molecule has 1 aromatic rings. The lowest BCUT2D eigenvalue weighted by Gasteiger charge is -2.11. The van der Waals surface area contributed by atoms with Crippen molar-refractivity contribution in [2.75, 3.05) is 5.32 Å². The average molecular weight is 278 g/mol. The highest BCUT2D eigenvalue weighted by Gasteiger charge is 2.05. The number of hydrogen-bond donors (Lipinski definition) is 3. The monoisotopic (exact) mass is 277 g/mol. The summed E-state index contributed by atoms with van der Waals surface area (Å²) in [5, 5.41) is 3.81. The van der Waals surface area contributed by atoms with Gasteiger partial charge in [-0.25, -0.2) is 0 Å². The minimum absolute atomic E-state index is 0.222. The van der Waals surface area contributed by atoms with Gasteiger partial charge in [0.2, 0.25) is 5.91 Å². The summed E-state index contributed by atoms with van der Waals surface area (Å²) < 4.78 is 0. The van der Waals surface area contributed by atoms with Crippen molar-refractivity contribution in [2.24, 2.45) is 0 Å². The molecule has 1 amide bonds. The predicted octanol–water partition coefficient (Wildman–Crippen LogP) is 2.33. The maximum absolute atomic E-state index is 10.6. The number of hydrogen-bond acceptors (Lipinski definition) is 2. The number of nitrogens with one attached hydrogen (secondary N) is 3. The summed E-state index contributed by atoms with van der Waals surface area (Å²) in [6.07, 6.45) is 0. The van der Waals surface area contributed by atoms with Gasteiger partial charge in [-0.05, 0) is 24.4 Å². The number of carbonyl (C=O) groups is 1. The minimum Gasteiger partial charge on any atom is -0.330 e. The Morgan fingerprint density at radius 2 is 2.00 bits per heavy atom. The summed E-state index contributed by atoms with van der Waals surface area (Å²) in [5.74, 6) is -0.249. The molecule has 0 aromatic heterocycles. The van der Waals surface area contributed by atoms with Crippen molar-refractivity contribution < 1.29 is 4.79 Å². The van der Waals surface area contributed by atoms with Gasteiger partial charge in [0, 0.05) is 6.92 Å². The Bertz CT molecular complexity index is 425. The summed E-state index contributed by atoms with van der Waals surface area (Å²) in [4.78, 5) is 10.6. The third-order valence-corrected chi connectivity index (χ3v) is 2.57. The van der Waals surface area contributed by atoms with Crippen molar-refractivity contribution in [3.05, 3.63) is 28.2 Å². The van der Waals surface area contributed by atoms with Crippen molar-refractivity contribution in [1.82, 2.24) is 10.9 Å². The van der Waals surface area contributed by atoms with Crippen LogP contribution in [0.5, 0.6) is 0 Å². The number of halogens is 2. The number of amides is 1. The fraction of sp³-hybridized carbons (Fsp3) is 0.111. The average Bonchev–Trinajstić information content (AvgIpc) is 2.22. The van der Waals surface area contributed by atoms with Crippen LogP contribution in [0.3, 0.4) is 0 Å². The van der Waals surface area contributed by atoms with E-state index in [0.717, 1.165) is 0 Å². The first-order chi connectivity index (χ1) is 7.50. The highest BCUT2D eigenvalue weighted by atomic mass is 35.5. The van der Waals surface area contributed by atoms with Crippen LogP contribution in [0.2, 0.25) is 10.0 Å². The molecule has 1 aromatic carbocycles. The lowest BCUT2D eigenvalue weighted by atomic mass is 10.3. The molecule has 16 heavy (non-hydrogen) atoms. The van der Waals surface area contributed by atoms with Crippen LogP contribution in [-0.2, 0) is 4.79 Å². The second kappa shape index (κ2) is 5.89. The van der Waals surface area contributed by atoms with Gasteiger partial charge in [0.05, 0.1) is 15.7 Å². The molecule has 0 atom stereocenters. The first-order valence-electron chi connectivity index (χ1n) is 4.28. The maximum Gasteiger partial charge on any atom is 0.235 e. The normalized spacial score (nSPS) is 9.44. The molecule has 4 nitrogen and oxygen atoms in total. The number of rotatable bonds is 1. The zero-order valence-electron chi connectivity index (χ0n) is 8.30. The van der Waals surface area contributed by atoms with Crippen molar-refractivity contribution in [3.8, 4) is 0 Å². The standard InChI is InChI=1S/C9H9Cl2N3OS/c1-5(15)13-14-9(16)12-7-4-2-3-6(10)8(7)11/h2-4H,1H3,(H,13,15)(H2,12,14,16). The lowest BCUT2D eigenvalue weighted by molar-refractivity contribution is -0.119. The molecule has 0 radical (unpaired) electrons. The van der Waals surface area contributed by atoms with Gasteiger partial charge in [-0.2, -0.15) is 0 Å². The molecule has 0 saturated carbocycles.